The molecule has 2 aliphatic rings. The van der Waals surface area contributed by atoms with Crippen LogP contribution in [-0.4, -0.2) is 35.7 Å². The summed E-state index contributed by atoms with van der Waals surface area (Å²) in [5, 5.41) is 9.59. The van der Waals surface area contributed by atoms with Crippen molar-refractivity contribution < 1.29 is 13.5 Å². The van der Waals surface area contributed by atoms with Gasteiger partial charge in [0.2, 0.25) is 0 Å². The second-order valence-corrected chi connectivity index (χ2v) is 7.72. The lowest BCUT2D eigenvalue weighted by Gasteiger charge is -2.29. The highest BCUT2D eigenvalue weighted by Crippen LogP contribution is 2.48. The van der Waals surface area contributed by atoms with Crippen LogP contribution in [0.5, 0.6) is 0 Å². The maximum Gasteiger partial charge on any atom is 0.259 e. The Kier molecular flexibility index (Phi) is 3.38. The van der Waals surface area contributed by atoms with Crippen LogP contribution in [0, 0.1) is 24.7 Å². The molecule has 2 aliphatic carbocycles. The largest absolute Gasteiger partial charge is 0.396 e. The van der Waals surface area contributed by atoms with Gasteiger partial charge in [0.25, 0.3) is 10.0 Å². The highest BCUT2D eigenvalue weighted by atomic mass is 32.2. The number of hydrogen-bond donors (Lipinski definition) is 2. The molecule has 0 saturated heterocycles. The maximum atomic E-state index is 12.4. The van der Waals surface area contributed by atoms with Crippen molar-refractivity contribution >= 4 is 10.0 Å². The van der Waals surface area contributed by atoms with Gasteiger partial charge in [0.15, 0.2) is 5.03 Å². The molecule has 2 saturated carbocycles. The molecular weight excluding hydrogens is 278 g/mol. The average Bonchev–Trinajstić information content (AvgIpc) is 3.05. The zero-order valence-electron chi connectivity index (χ0n) is 11.8. The summed E-state index contributed by atoms with van der Waals surface area (Å²) in [6.07, 6.45) is 4.71. The molecular formula is C13H21N3O3S. The van der Waals surface area contributed by atoms with Crippen molar-refractivity contribution in [1.29, 1.82) is 0 Å². The van der Waals surface area contributed by atoms with Crippen molar-refractivity contribution in [1.82, 2.24) is 14.3 Å². The Morgan fingerprint density at radius 3 is 2.75 bits per heavy atom. The second kappa shape index (κ2) is 4.82. The normalized spacial score (nSPS) is 33.0. The van der Waals surface area contributed by atoms with E-state index in [1.807, 2.05) is 0 Å². The fourth-order valence-corrected chi connectivity index (χ4v) is 5.15. The first-order chi connectivity index (χ1) is 9.42. The SMILES string of the molecule is Cc1nc(S(=O)(=O)NC2C3CCC(C3)C2CO)cn1C. The zero-order chi connectivity index (χ0) is 14.5. The van der Waals surface area contributed by atoms with Gasteiger partial charge in [0, 0.05) is 31.8 Å². The number of aromatic nitrogens is 2. The number of aliphatic hydroxyl groups is 1. The van der Waals surface area contributed by atoms with E-state index in [2.05, 4.69) is 9.71 Å². The lowest BCUT2D eigenvalue weighted by Crippen LogP contribution is -2.45. The summed E-state index contributed by atoms with van der Waals surface area (Å²) in [4.78, 5) is 4.09. The number of fused-ring (bicyclic) bond motifs is 2. The van der Waals surface area contributed by atoms with Gasteiger partial charge in [-0.2, -0.15) is 0 Å². The molecule has 20 heavy (non-hydrogen) atoms. The van der Waals surface area contributed by atoms with Crippen molar-refractivity contribution in [2.24, 2.45) is 24.8 Å². The van der Waals surface area contributed by atoms with E-state index in [9.17, 15) is 13.5 Å². The molecule has 0 aliphatic heterocycles. The van der Waals surface area contributed by atoms with E-state index in [1.165, 1.54) is 6.20 Å². The Morgan fingerprint density at radius 2 is 2.15 bits per heavy atom. The van der Waals surface area contributed by atoms with Crippen LogP contribution in [0.15, 0.2) is 11.2 Å². The van der Waals surface area contributed by atoms with Crippen molar-refractivity contribution in [3.8, 4) is 0 Å². The fourth-order valence-electron chi connectivity index (χ4n) is 3.75. The highest BCUT2D eigenvalue weighted by molar-refractivity contribution is 7.89. The molecule has 2 fully saturated rings. The van der Waals surface area contributed by atoms with Gasteiger partial charge in [-0.05, 0) is 38.0 Å². The quantitative estimate of drug-likeness (QED) is 0.843. The molecule has 1 heterocycles. The van der Waals surface area contributed by atoms with Crippen LogP contribution < -0.4 is 4.72 Å². The number of aryl methyl sites for hydroxylation is 2. The maximum absolute atomic E-state index is 12.4. The lowest BCUT2D eigenvalue weighted by molar-refractivity contribution is 0.153. The van der Waals surface area contributed by atoms with E-state index in [4.69, 9.17) is 0 Å². The number of nitrogens with one attached hydrogen (secondary N) is 1. The predicted octanol–water partition coefficient (Wildman–Crippen LogP) is 0.414. The van der Waals surface area contributed by atoms with E-state index in [0.29, 0.717) is 17.7 Å². The summed E-state index contributed by atoms with van der Waals surface area (Å²) in [5.74, 6) is 1.53. The van der Waals surface area contributed by atoms with E-state index < -0.39 is 10.0 Å². The van der Waals surface area contributed by atoms with Crippen LogP contribution in [0.1, 0.15) is 25.1 Å². The third kappa shape index (κ3) is 2.17. The van der Waals surface area contributed by atoms with Crippen LogP contribution in [0.2, 0.25) is 0 Å². The van der Waals surface area contributed by atoms with Gasteiger partial charge in [-0.1, -0.05) is 0 Å². The third-order valence-corrected chi connectivity index (χ3v) is 6.28. The van der Waals surface area contributed by atoms with E-state index in [1.54, 1.807) is 18.5 Å². The summed E-state index contributed by atoms with van der Waals surface area (Å²) >= 11 is 0. The van der Waals surface area contributed by atoms with Gasteiger partial charge in [0.05, 0.1) is 0 Å². The van der Waals surface area contributed by atoms with Gasteiger partial charge in [-0.3, -0.25) is 0 Å². The van der Waals surface area contributed by atoms with Gasteiger partial charge in [0.1, 0.15) is 5.82 Å². The second-order valence-electron chi connectivity index (χ2n) is 6.06. The van der Waals surface area contributed by atoms with Crippen molar-refractivity contribution in [3.05, 3.63) is 12.0 Å². The van der Waals surface area contributed by atoms with Gasteiger partial charge in [-0.25, -0.2) is 18.1 Å². The Labute approximate surface area is 119 Å². The van der Waals surface area contributed by atoms with Crippen LogP contribution >= 0.6 is 0 Å². The van der Waals surface area contributed by atoms with Crippen molar-refractivity contribution in [2.45, 2.75) is 37.3 Å². The summed E-state index contributed by atoms with van der Waals surface area (Å²) in [7, 11) is -1.83. The summed E-state index contributed by atoms with van der Waals surface area (Å²) in [6, 6.07) is -0.147. The average molecular weight is 299 g/mol. The molecule has 112 valence electrons. The first kappa shape index (κ1) is 14.0. The van der Waals surface area contributed by atoms with Crippen LogP contribution in [0.25, 0.3) is 0 Å². The molecule has 2 N–H and O–H groups in total. The number of sulfonamides is 1. The Bertz CT molecular complexity index is 591. The van der Waals surface area contributed by atoms with Gasteiger partial charge >= 0.3 is 0 Å². The number of aliphatic hydroxyl groups excluding tert-OH is 1. The molecule has 3 rings (SSSR count). The first-order valence-corrected chi connectivity index (χ1v) is 8.54. The lowest BCUT2D eigenvalue weighted by atomic mass is 9.86. The molecule has 0 radical (unpaired) electrons. The molecule has 0 amide bonds. The summed E-state index contributed by atoms with van der Waals surface area (Å²) < 4.78 is 29.3. The van der Waals surface area contributed by atoms with Gasteiger partial charge in [-0.15, -0.1) is 0 Å². The monoisotopic (exact) mass is 299 g/mol. The van der Waals surface area contributed by atoms with Crippen LogP contribution in [0.3, 0.4) is 0 Å². The van der Waals surface area contributed by atoms with E-state index >= 15 is 0 Å². The van der Waals surface area contributed by atoms with Crippen LogP contribution in [-0.2, 0) is 17.1 Å². The minimum atomic E-state index is -3.60. The fraction of sp³-hybridized carbons (Fsp3) is 0.769. The Morgan fingerprint density at radius 1 is 1.45 bits per heavy atom. The molecule has 0 aromatic carbocycles. The number of rotatable bonds is 4. The minimum Gasteiger partial charge on any atom is -0.396 e. The highest BCUT2D eigenvalue weighted by Gasteiger charge is 2.48. The summed E-state index contributed by atoms with van der Waals surface area (Å²) in [5.41, 5.74) is 0. The van der Waals surface area contributed by atoms with Crippen molar-refractivity contribution in [3.63, 3.8) is 0 Å². The molecule has 1 aromatic rings. The van der Waals surface area contributed by atoms with Crippen LogP contribution in [0.4, 0.5) is 0 Å². The molecule has 0 spiro atoms. The number of imidazole rings is 1. The Balaban J connectivity index is 1.83. The Hall–Kier alpha value is -0.920. The molecule has 6 nitrogen and oxygen atoms in total. The first-order valence-electron chi connectivity index (χ1n) is 7.05. The molecule has 4 unspecified atom stereocenters. The molecule has 4 atom stereocenters. The molecule has 1 aromatic heterocycles. The topological polar surface area (TPSA) is 84.2 Å². The predicted molar refractivity (Wildman–Crippen MR) is 73.5 cm³/mol. The summed E-state index contributed by atoms with van der Waals surface area (Å²) in [6.45, 7) is 1.82. The van der Waals surface area contributed by atoms with Crippen molar-refractivity contribution in [2.75, 3.05) is 6.61 Å². The van der Waals surface area contributed by atoms with Gasteiger partial charge < -0.3 is 9.67 Å². The smallest absolute Gasteiger partial charge is 0.259 e. The zero-order valence-corrected chi connectivity index (χ0v) is 12.6. The van der Waals surface area contributed by atoms with E-state index in [-0.39, 0.29) is 23.6 Å². The van der Waals surface area contributed by atoms with E-state index in [0.717, 1.165) is 19.3 Å². The third-order valence-electron chi connectivity index (χ3n) is 4.95. The molecule has 7 heteroatoms. The molecule has 2 bridgehead atoms. The number of hydrogen-bond acceptors (Lipinski definition) is 4. The number of nitrogens with zero attached hydrogens (tertiary/aromatic N) is 2. The standard InChI is InChI=1S/C13H21N3O3S/c1-8-14-12(6-16(8)2)20(18,19)15-13-10-4-3-9(5-10)11(13)7-17/h6,9-11,13,15,17H,3-5,7H2,1-2H3. The minimum absolute atomic E-state index is 0.0494.